The maximum atomic E-state index is 11.9. The fourth-order valence-corrected chi connectivity index (χ4v) is 1.58. The summed E-state index contributed by atoms with van der Waals surface area (Å²) in [4.78, 5) is 24.0. The Bertz CT molecular complexity index is 541. The van der Waals surface area contributed by atoms with Crippen molar-refractivity contribution in [2.45, 2.75) is 19.9 Å². The number of rotatable bonds is 6. The molecule has 1 amide bonds. The molecule has 20 heavy (non-hydrogen) atoms. The average molecular weight is 271 g/mol. The molecule has 0 atom stereocenters. The highest BCUT2D eigenvalue weighted by Crippen LogP contribution is 2.05. The minimum atomic E-state index is -0.168. The maximum Gasteiger partial charge on any atom is 0.253 e. The molecule has 6 heteroatoms. The Morgan fingerprint density at radius 3 is 2.80 bits per heavy atom. The Labute approximate surface area is 117 Å². The fourth-order valence-electron chi connectivity index (χ4n) is 1.58. The molecular formula is C14H17N5O. The lowest BCUT2D eigenvalue weighted by molar-refractivity contribution is 0.0950. The molecule has 0 aromatic carbocycles. The molecule has 2 heterocycles. The Balaban J connectivity index is 1.89. The molecule has 2 aromatic rings. The van der Waals surface area contributed by atoms with Gasteiger partial charge in [0.1, 0.15) is 12.1 Å². The van der Waals surface area contributed by atoms with Gasteiger partial charge in [0.15, 0.2) is 0 Å². The zero-order valence-electron chi connectivity index (χ0n) is 11.3. The lowest BCUT2D eigenvalue weighted by atomic mass is 10.2. The molecule has 2 N–H and O–H groups in total. The number of nitrogens with zero attached hydrogens (tertiary/aromatic N) is 3. The standard InChI is InChI=1S/C14H17N5O/c1-2-6-16-13-4-3-11(8-17-13)14(20)18-9-12-5-7-15-10-19-12/h3-5,7-8,10H,2,6,9H2,1H3,(H,16,17)(H,18,20). The number of anilines is 1. The molecule has 0 saturated heterocycles. The molecule has 6 nitrogen and oxygen atoms in total. The van der Waals surface area contributed by atoms with Crippen LogP contribution in [0.2, 0.25) is 0 Å². The first-order valence-corrected chi connectivity index (χ1v) is 6.52. The van der Waals surface area contributed by atoms with Crippen LogP contribution in [0.1, 0.15) is 29.4 Å². The van der Waals surface area contributed by atoms with Gasteiger partial charge >= 0.3 is 0 Å². The van der Waals surface area contributed by atoms with Crippen LogP contribution < -0.4 is 10.6 Å². The number of hydrogen-bond acceptors (Lipinski definition) is 5. The highest BCUT2D eigenvalue weighted by Gasteiger charge is 2.06. The zero-order valence-corrected chi connectivity index (χ0v) is 11.3. The van der Waals surface area contributed by atoms with Crippen LogP contribution in [0.15, 0.2) is 36.9 Å². The molecule has 104 valence electrons. The molecular weight excluding hydrogens is 254 g/mol. The van der Waals surface area contributed by atoms with Crippen molar-refractivity contribution >= 4 is 11.7 Å². The van der Waals surface area contributed by atoms with E-state index in [1.54, 1.807) is 30.6 Å². The van der Waals surface area contributed by atoms with E-state index in [-0.39, 0.29) is 5.91 Å². The van der Waals surface area contributed by atoms with Gasteiger partial charge in [0, 0.05) is 18.9 Å². The van der Waals surface area contributed by atoms with Gasteiger partial charge in [-0.3, -0.25) is 4.79 Å². The summed E-state index contributed by atoms with van der Waals surface area (Å²) in [5, 5.41) is 5.95. The van der Waals surface area contributed by atoms with Crippen LogP contribution in [0.4, 0.5) is 5.82 Å². The van der Waals surface area contributed by atoms with Gasteiger partial charge in [0.2, 0.25) is 0 Å². The number of aromatic nitrogens is 3. The van der Waals surface area contributed by atoms with Crippen molar-refractivity contribution < 1.29 is 4.79 Å². The number of carbonyl (C=O) groups excluding carboxylic acids is 1. The summed E-state index contributed by atoms with van der Waals surface area (Å²) in [5.74, 6) is 0.609. The van der Waals surface area contributed by atoms with Crippen LogP contribution in [0.5, 0.6) is 0 Å². The normalized spacial score (nSPS) is 10.1. The van der Waals surface area contributed by atoms with Crippen molar-refractivity contribution in [3.8, 4) is 0 Å². The SMILES string of the molecule is CCCNc1ccc(C(=O)NCc2ccncn2)cn1. The molecule has 0 saturated carbocycles. The zero-order chi connectivity index (χ0) is 14.2. The van der Waals surface area contributed by atoms with Crippen molar-refractivity contribution in [1.82, 2.24) is 20.3 Å². The maximum absolute atomic E-state index is 11.9. The third-order valence-electron chi connectivity index (χ3n) is 2.66. The largest absolute Gasteiger partial charge is 0.370 e. The van der Waals surface area contributed by atoms with Gasteiger partial charge in [-0.15, -0.1) is 0 Å². The monoisotopic (exact) mass is 271 g/mol. The Kier molecular flexibility index (Phi) is 5.00. The third-order valence-corrected chi connectivity index (χ3v) is 2.66. The number of pyridine rings is 1. The smallest absolute Gasteiger partial charge is 0.253 e. The topological polar surface area (TPSA) is 79.8 Å². The van der Waals surface area contributed by atoms with E-state index in [2.05, 4.69) is 32.5 Å². The molecule has 0 spiro atoms. The van der Waals surface area contributed by atoms with Crippen molar-refractivity contribution in [1.29, 1.82) is 0 Å². The van der Waals surface area contributed by atoms with Crippen LogP contribution in [0, 0.1) is 0 Å². The van der Waals surface area contributed by atoms with Crippen LogP contribution in [-0.2, 0) is 6.54 Å². The summed E-state index contributed by atoms with van der Waals surface area (Å²) in [7, 11) is 0. The highest BCUT2D eigenvalue weighted by atomic mass is 16.1. The van der Waals surface area contributed by atoms with E-state index >= 15 is 0 Å². The lowest BCUT2D eigenvalue weighted by Gasteiger charge is -2.06. The van der Waals surface area contributed by atoms with E-state index in [1.807, 2.05) is 0 Å². The molecule has 0 radical (unpaired) electrons. The van der Waals surface area contributed by atoms with Gasteiger partial charge in [-0.1, -0.05) is 6.92 Å². The Hall–Kier alpha value is -2.50. The first-order valence-electron chi connectivity index (χ1n) is 6.52. The fraction of sp³-hybridized carbons (Fsp3) is 0.286. The van der Waals surface area contributed by atoms with Gasteiger partial charge in [0.05, 0.1) is 17.8 Å². The van der Waals surface area contributed by atoms with Gasteiger partial charge in [-0.05, 0) is 24.6 Å². The van der Waals surface area contributed by atoms with E-state index in [0.717, 1.165) is 24.5 Å². The summed E-state index contributed by atoms with van der Waals surface area (Å²) in [6, 6.07) is 5.31. The molecule has 0 fully saturated rings. The molecule has 2 aromatic heterocycles. The Morgan fingerprint density at radius 1 is 1.25 bits per heavy atom. The van der Waals surface area contributed by atoms with E-state index in [0.29, 0.717) is 12.1 Å². The van der Waals surface area contributed by atoms with E-state index in [1.165, 1.54) is 6.33 Å². The first-order chi connectivity index (χ1) is 9.79. The van der Waals surface area contributed by atoms with Crippen LogP contribution in [0.3, 0.4) is 0 Å². The number of amides is 1. The van der Waals surface area contributed by atoms with Crippen LogP contribution in [-0.4, -0.2) is 27.4 Å². The summed E-state index contributed by atoms with van der Waals surface area (Å²) in [6.07, 6.45) is 5.69. The summed E-state index contributed by atoms with van der Waals surface area (Å²) in [5.41, 5.74) is 1.30. The van der Waals surface area contributed by atoms with Gasteiger partial charge in [-0.2, -0.15) is 0 Å². The van der Waals surface area contributed by atoms with Crippen LogP contribution >= 0.6 is 0 Å². The number of hydrogen-bond donors (Lipinski definition) is 2. The second kappa shape index (κ2) is 7.18. The molecule has 2 rings (SSSR count). The van der Waals surface area contributed by atoms with Gasteiger partial charge in [-0.25, -0.2) is 15.0 Å². The summed E-state index contributed by atoms with van der Waals surface area (Å²) in [6.45, 7) is 3.32. The predicted molar refractivity (Wildman–Crippen MR) is 76.2 cm³/mol. The number of nitrogens with one attached hydrogen (secondary N) is 2. The Morgan fingerprint density at radius 2 is 2.15 bits per heavy atom. The molecule has 0 aliphatic carbocycles. The second-order valence-electron chi connectivity index (χ2n) is 4.24. The quantitative estimate of drug-likeness (QED) is 0.834. The van der Waals surface area contributed by atoms with E-state index in [9.17, 15) is 4.79 Å². The van der Waals surface area contributed by atoms with Crippen LogP contribution in [0.25, 0.3) is 0 Å². The second-order valence-corrected chi connectivity index (χ2v) is 4.24. The van der Waals surface area contributed by atoms with Gasteiger partial charge in [0.25, 0.3) is 5.91 Å². The van der Waals surface area contributed by atoms with Crippen molar-refractivity contribution in [3.05, 3.63) is 48.2 Å². The third kappa shape index (κ3) is 4.01. The van der Waals surface area contributed by atoms with Crippen molar-refractivity contribution in [3.63, 3.8) is 0 Å². The lowest BCUT2D eigenvalue weighted by Crippen LogP contribution is -2.23. The molecule has 0 unspecified atom stereocenters. The number of carbonyl (C=O) groups is 1. The molecule has 0 bridgehead atoms. The first kappa shape index (κ1) is 13.9. The van der Waals surface area contributed by atoms with Crippen molar-refractivity contribution in [2.24, 2.45) is 0 Å². The summed E-state index contributed by atoms with van der Waals surface area (Å²) >= 11 is 0. The minimum Gasteiger partial charge on any atom is -0.370 e. The van der Waals surface area contributed by atoms with E-state index in [4.69, 9.17) is 0 Å². The average Bonchev–Trinajstić information content (AvgIpc) is 2.52. The molecule has 0 aliphatic rings. The summed E-state index contributed by atoms with van der Waals surface area (Å²) < 4.78 is 0. The van der Waals surface area contributed by atoms with E-state index < -0.39 is 0 Å². The van der Waals surface area contributed by atoms with Gasteiger partial charge < -0.3 is 10.6 Å². The van der Waals surface area contributed by atoms with Crippen molar-refractivity contribution in [2.75, 3.05) is 11.9 Å². The predicted octanol–water partition coefficient (Wildman–Crippen LogP) is 1.62. The molecule has 0 aliphatic heterocycles. The minimum absolute atomic E-state index is 0.168. The highest BCUT2D eigenvalue weighted by molar-refractivity contribution is 5.93.